The number of sulfonamides is 1. The van der Waals surface area contributed by atoms with Gasteiger partial charge in [-0.15, -0.1) is 11.3 Å². The molecule has 104 valence electrons. The molecule has 5 nitrogen and oxygen atoms in total. The minimum Gasteiger partial charge on any atom is -0.351 e. The quantitative estimate of drug-likeness (QED) is 0.892. The van der Waals surface area contributed by atoms with Crippen LogP contribution in [0, 0.1) is 0 Å². The SMILES string of the molecule is O=C1CN(S(=O)(=O)c2cccs2)C2CCCCC2N1. The van der Waals surface area contributed by atoms with Gasteiger partial charge in [0.2, 0.25) is 5.91 Å². The summed E-state index contributed by atoms with van der Waals surface area (Å²) >= 11 is 1.20. The lowest BCUT2D eigenvalue weighted by atomic mass is 9.89. The Morgan fingerprint density at radius 1 is 1.32 bits per heavy atom. The zero-order chi connectivity index (χ0) is 13.5. The monoisotopic (exact) mass is 300 g/mol. The molecule has 1 saturated carbocycles. The van der Waals surface area contributed by atoms with Crippen molar-refractivity contribution in [2.24, 2.45) is 0 Å². The number of amides is 1. The molecule has 0 bridgehead atoms. The predicted octanol–water partition coefficient (Wildman–Crippen LogP) is 1.18. The Labute approximate surface area is 116 Å². The van der Waals surface area contributed by atoms with Crippen LogP contribution < -0.4 is 5.32 Å². The summed E-state index contributed by atoms with van der Waals surface area (Å²) in [5.74, 6) is -0.191. The standard InChI is InChI=1S/C12H16N2O3S2/c15-11-8-14(10-5-2-1-4-9(10)13-11)19(16,17)12-6-3-7-18-12/h3,6-7,9-10H,1-2,4-5,8H2,(H,13,15). The lowest BCUT2D eigenvalue weighted by Crippen LogP contribution is -2.62. The third kappa shape index (κ3) is 2.30. The van der Waals surface area contributed by atoms with Gasteiger partial charge in [-0.05, 0) is 24.3 Å². The van der Waals surface area contributed by atoms with E-state index >= 15 is 0 Å². The number of nitrogens with zero attached hydrogens (tertiary/aromatic N) is 1. The van der Waals surface area contributed by atoms with Gasteiger partial charge in [0.05, 0.1) is 6.54 Å². The molecule has 1 saturated heterocycles. The first-order chi connectivity index (χ1) is 9.09. The summed E-state index contributed by atoms with van der Waals surface area (Å²) in [4.78, 5) is 11.7. The van der Waals surface area contributed by atoms with E-state index in [1.54, 1.807) is 17.5 Å². The Morgan fingerprint density at radius 3 is 2.84 bits per heavy atom. The van der Waals surface area contributed by atoms with Crippen LogP contribution in [0.15, 0.2) is 21.7 Å². The second kappa shape index (κ2) is 4.88. The molecule has 3 rings (SSSR count). The van der Waals surface area contributed by atoms with Crippen molar-refractivity contribution in [3.8, 4) is 0 Å². The first-order valence-corrected chi connectivity index (χ1v) is 8.76. The van der Waals surface area contributed by atoms with Gasteiger partial charge in [-0.1, -0.05) is 18.9 Å². The maximum atomic E-state index is 12.6. The summed E-state index contributed by atoms with van der Waals surface area (Å²) in [7, 11) is -3.53. The van der Waals surface area contributed by atoms with Crippen LogP contribution in [0.3, 0.4) is 0 Å². The van der Waals surface area contributed by atoms with Gasteiger partial charge >= 0.3 is 0 Å². The molecule has 2 heterocycles. The molecule has 7 heteroatoms. The molecule has 1 aromatic heterocycles. The normalized spacial score (nSPS) is 28.7. The topological polar surface area (TPSA) is 66.5 Å². The molecule has 2 unspecified atom stereocenters. The molecule has 1 aliphatic carbocycles. The van der Waals surface area contributed by atoms with Crippen molar-refractivity contribution < 1.29 is 13.2 Å². The van der Waals surface area contributed by atoms with Gasteiger partial charge < -0.3 is 5.32 Å². The minimum absolute atomic E-state index is 0.0234. The van der Waals surface area contributed by atoms with Crippen LogP contribution in [0.25, 0.3) is 0 Å². The number of rotatable bonds is 2. The van der Waals surface area contributed by atoms with Crippen LogP contribution in [-0.2, 0) is 14.8 Å². The Kier molecular flexibility index (Phi) is 3.36. The van der Waals surface area contributed by atoms with Crippen LogP contribution in [0.2, 0.25) is 0 Å². The molecular formula is C12H16N2O3S2. The van der Waals surface area contributed by atoms with Gasteiger partial charge in [-0.25, -0.2) is 8.42 Å². The first kappa shape index (κ1) is 13.1. The van der Waals surface area contributed by atoms with Gasteiger partial charge in [-0.2, -0.15) is 4.31 Å². The van der Waals surface area contributed by atoms with Crippen LogP contribution in [-0.4, -0.2) is 37.3 Å². The second-order valence-electron chi connectivity index (χ2n) is 5.01. The van der Waals surface area contributed by atoms with Crippen LogP contribution in [0.1, 0.15) is 25.7 Å². The number of fused-ring (bicyclic) bond motifs is 1. The summed E-state index contributed by atoms with van der Waals surface area (Å²) in [6.07, 6.45) is 3.77. The lowest BCUT2D eigenvalue weighted by molar-refractivity contribution is -0.125. The van der Waals surface area contributed by atoms with Crippen molar-refractivity contribution >= 4 is 27.3 Å². The van der Waals surface area contributed by atoms with Gasteiger partial charge in [0, 0.05) is 12.1 Å². The Bertz CT molecular complexity index is 568. The molecule has 1 aromatic rings. The van der Waals surface area contributed by atoms with Crippen molar-refractivity contribution in [1.29, 1.82) is 0 Å². The predicted molar refractivity (Wildman–Crippen MR) is 72.4 cm³/mol. The highest BCUT2D eigenvalue weighted by atomic mass is 32.2. The molecule has 0 radical (unpaired) electrons. The second-order valence-corrected chi connectivity index (χ2v) is 8.07. The number of hydrogen-bond acceptors (Lipinski definition) is 4. The van der Waals surface area contributed by atoms with E-state index < -0.39 is 10.0 Å². The number of piperazine rings is 1. The van der Waals surface area contributed by atoms with Crippen LogP contribution in [0.5, 0.6) is 0 Å². The number of nitrogens with one attached hydrogen (secondary N) is 1. The zero-order valence-electron chi connectivity index (χ0n) is 10.4. The van der Waals surface area contributed by atoms with E-state index in [0.29, 0.717) is 4.21 Å². The fourth-order valence-corrected chi connectivity index (χ4v) is 5.69. The zero-order valence-corrected chi connectivity index (χ0v) is 12.0. The highest BCUT2D eigenvalue weighted by Gasteiger charge is 2.42. The van der Waals surface area contributed by atoms with Crippen molar-refractivity contribution in [1.82, 2.24) is 9.62 Å². The Hall–Kier alpha value is -0.920. The average Bonchev–Trinajstić information content (AvgIpc) is 2.92. The van der Waals surface area contributed by atoms with Crippen molar-refractivity contribution in [2.75, 3.05) is 6.54 Å². The number of hydrogen-bond donors (Lipinski definition) is 1. The fourth-order valence-electron chi connectivity index (χ4n) is 2.92. The van der Waals surface area contributed by atoms with E-state index in [4.69, 9.17) is 0 Å². The highest BCUT2D eigenvalue weighted by molar-refractivity contribution is 7.91. The fraction of sp³-hybridized carbons (Fsp3) is 0.583. The van der Waals surface area contributed by atoms with Crippen molar-refractivity contribution in [3.63, 3.8) is 0 Å². The van der Waals surface area contributed by atoms with E-state index in [-0.39, 0.29) is 24.5 Å². The van der Waals surface area contributed by atoms with Crippen LogP contribution >= 0.6 is 11.3 Å². The number of thiophene rings is 1. The molecular weight excluding hydrogens is 284 g/mol. The molecule has 0 aromatic carbocycles. The summed E-state index contributed by atoms with van der Waals surface area (Å²) in [5, 5.41) is 4.67. The van der Waals surface area contributed by atoms with E-state index in [9.17, 15) is 13.2 Å². The average molecular weight is 300 g/mol. The van der Waals surface area contributed by atoms with E-state index in [0.717, 1.165) is 25.7 Å². The summed E-state index contributed by atoms with van der Waals surface area (Å²) in [5.41, 5.74) is 0. The Balaban J connectivity index is 1.95. The molecule has 19 heavy (non-hydrogen) atoms. The highest BCUT2D eigenvalue weighted by Crippen LogP contribution is 2.31. The third-order valence-corrected chi connectivity index (χ3v) is 7.05. The molecule has 2 aliphatic rings. The molecule has 1 amide bonds. The largest absolute Gasteiger partial charge is 0.351 e. The molecule has 2 atom stereocenters. The van der Waals surface area contributed by atoms with Gasteiger partial charge in [-0.3, -0.25) is 4.79 Å². The summed E-state index contributed by atoms with van der Waals surface area (Å²) in [6, 6.07) is 3.22. The van der Waals surface area contributed by atoms with E-state index in [1.807, 2.05) is 0 Å². The molecule has 2 fully saturated rings. The maximum absolute atomic E-state index is 12.6. The smallest absolute Gasteiger partial charge is 0.253 e. The van der Waals surface area contributed by atoms with Gasteiger partial charge in [0.15, 0.2) is 0 Å². The van der Waals surface area contributed by atoms with E-state index in [2.05, 4.69) is 5.32 Å². The molecule has 0 spiro atoms. The number of carbonyl (C=O) groups is 1. The van der Waals surface area contributed by atoms with Crippen molar-refractivity contribution in [2.45, 2.75) is 42.0 Å². The lowest BCUT2D eigenvalue weighted by Gasteiger charge is -2.42. The van der Waals surface area contributed by atoms with Crippen LogP contribution in [0.4, 0.5) is 0 Å². The van der Waals surface area contributed by atoms with Gasteiger partial charge in [0.1, 0.15) is 4.21 Å². The maximum Gasteiger partial charge on any atom is 0.253 e. The molecule has 1 N–H and O–H groups in total. The molecule has 1 aliphatic heterocycles. The minimum atomic E-state index is -3.53. The third-order valence-electron chi connectivity index (χ3n) is 3.80. The van der Waals surface area contributed by atoms with E-state index in [1.165, 1.54) is 15.6 Å². The Morgan fingerprint density at radius 2 is 2.11 bits per heavy atom. The first-order valence-electron chi connectivity index (χ1n) is 6.44. The summed E-state index contributed by atoms with van der Waals surface area (Å²) < 4.78 is 26.9. The number of carbonyl (C=O) groups excluding carboxylic acids is 1. The van der Waals surface area contributed by atoms with Gasteiger partial charge in [0.25, 0.3) is 10.0 Å². The van der Waals surface area contributed by atoms with Crippen molar-refractivity contribution in [3.05, 3.63) is 17.5 Å². The summed E-state index contributed by atoms with van der Waals surface area (Å²) in [6.45, 7) is -0.0542.